The largest absolute Gasteiger partial charge is 0.481 e. The number of carboxylic acids is 1. The number of carboxylic acid groups (broad SMARTS) is 1. The zero-order valence-corrected chi connectivity index (χ0v) is 18.3. The molecule has 30 heavy (non-hydrogen) atoms. The summed E-state index contributed by atoms with van der Waals surface area (Å²) in [7, 11) is 0. The standard InChI is InChI=1S/C24H30FNO3.ClH/c1-24(2,14-17-11-18-5-3-4-6-19(18)12-17)26-15-22(27)20-13-16(7-9-21(20)25)8-10-23(28)29;/h3-7,9,13,17,22,26-27H,8,10-12,14-15H2,1-2H3,(H,28,29);1H/t22-;/m1./s1. The first-order valence-electron chi connectivity index (χ1n) is 10.2. The van der Waals surface area contributed by atoms with Gasteiger partial charge in [-0.2, -0.15) is 0 Å². The van der Waals surface area contributed by atoms with Crippen molar-refractivity contribution in [3.8, 4) is 0 Å². The number of benzene rings is 2. The number of aliphatic hydroxyl groups is 1. The molecule has 1 aliphatic rings. The lowest BCUT2D eigenvalue weighted by molar-refractivity contribution is -0.136. The number of aliphatic carboxylic acids is 1. The molecule has 0 fully saturated rings. The number of hydrogen-bond acceptors (Lipinski definition) is 3. The summed E-state index contributed by atoms with van der Waals surface area (Å²) in [5.74, 6) is -0.806. The molecule has 0 aliphatic heterocycles. The van der Waals surface area contributed by atoms with E-state index in [0.717, 1.165) is 19.3 Å². The fraction of sp³-hybridized carbons (Fsp3) is 0.458. The molecule has 2 aromatic rings. The summed E-state index contributed by atoms with van der Waals surface area (Å²) < 4.78 is 14.2. The van der Waals surface area contributed by atoms with E-state index in [1.54, 1.807) is 12.1 Å². The van der Waals surface area contributed by atoms with Crippen LogP contribution in [0.25, 0.3) is 0 Å². The summed E-state index contributed by atoms with van der Waals surface area (Å²) in [5, 5.41) is 22.8. The number of aryl methyl sites for hydroxylation is 1. The van der Waals surface area contributed by atoms with Crippen LogP contribution in [0.1, 0.15) is 55.0 Å². The van der Waals surface area contributed by atoms with E-state index >= 15 is 0 Å². The summed E-state index contributed by atoms with van der Waals surface area (Å²) in [4.78, 5) is 10.8. The Labute approximate surface area is 183 Å². The predicted molar refractivity (Wildman–Crippen MR) is 119 cm³/mol. The highest BCUT2D eigenvalue weighted by Gasteiger charge is 2.28. The van der Waals surface area contributed by atoms with Crippen LogP contribution < -0.4 is 5.32 Å². The SMILES string of the molecule is CC(C)(CC1Cc2ccccc2C1)NC[C@@H](O)c1cc(CCC(=O)O)ccc1F.Cl. The van der Waals surface area contributed by atoms with Crippen LogP contribution in [0.2, 0.25) is 0 Å². The Hall–Kier alpha value is -1.95. The minimum Gasteiger partial charge on any atom is -0.481 e. The fourth-order valence-corrected chi connectivity index (χ4v) is 4.33. The van der Waals surface area contributed by atoms with Crippen LogP contribution >= 0.6 is 12.4 Å². The van der Waals surface area contributed by atoms with Gasteiger partial charge in [0.25, 0.3) is 0 Å². The summed E-state index contributed by atoms with van der Waals surface area (Å²) in [5.41, 5.74) is 3.59. The Morgan fingerprint density at radius 2 is 1.83 bits per heavy atom. The van der Waals surface area contributed by atoms with Gasteiger partial charge in [-0.3, -0.25) is 4.79 Å². The first-order valence-corrected chi connectivity index (χ1v) is 10.2. The molecule has 3 rings (SSSR count). The Bertz CT molecular complexity index is 846. The van der Waals surface area contributed by atoms with Crippen LogP contribution in [0.3, 0.4) is 0 Å². The minimum atomic E-state index is -0.986. The normalized spacial score (nSPS) is 14.8. The van der Waals surface area contributed by atoms with Crippen LogP contribution in [0.4, 0.5) is 4.39 Å². The number of β-amino-alcohol motifs (C(OH)–C–C–N with tert-alkyl or cyclic N) is 1. The lowest BCUT2D eigenvalue weighted by Gasteiger charge is -2.30. The maximum Gasteiger partial charge on any atom is 0.303 e. The molecule has 0 heterocycles. The van der Waals surface area contributed by atoms with Crippen LogP contribution in [0.15, 0.2) is 42.5 Å². The second kappa shape index (κ2) is 10.4. The van der Waals surface area contributed by atoms with Crippen LogP contribution in [-0.2, 0) is 24.1 Å². The molecule has 0 amide bonds. The topological polar surface area (TPSA) is 69.6 Å². The van der Waals surface area contributed by atoms with E-state index in [1.165, 1.54) is 17.2 Å². The van der Waals surface area contributed by atoms with Crippen molar-refractivity contribution in [3.63, 3.8) is 0 Å². The van der Waals surface area contributed by atoms with Gasteiger partial charge in [0.05, 0.1) is 6.10 Å². The van der Waals surface area contributed by atoms with Gasteiger partial charge in [0.1, 0.15) is 5.82 Å². The van der Waals surface area contributed by atoms with E-state index < -0.39 is 17.9 Å². The molecule has 0 spiro atoms. The van der Waals surface area contributed by atoms with Gasteiger partial charge in [-0.15, -0.1) is 12.4 Å². The molecule has 1 aliphatic carbocycles. The smallest absolute Gasteiger partial charge is 0.303 e. The van der Waals surface area contributed by atoms with E-state index in [2.05, 4.69) is 43.4 Å². The Balaban J connectivity index is 0.00000320. The number of halogens is 2. The fourth-order valence-electron chi connectivity index (χ4n) is 4.33. The molecule has 0 saturated heterocycles. The second-order valence-corrected chi connectivity index (χ2v) is 8.78. The monoisotopic (exact) mass is 435 g/mol. The molecule has 4 nitrogen and oxygen atoms in total. The number of fused-ring (bicyclic) bond motifs is 1. The number of hydrogen-bond donors (Lipinski definition) is 3. The van der Waals surface area contributed by atoms with Crippen molar-refractivity contribution in [1.82, 2.24) is 5.32 Å². The predicted octanol–water partition coefficient (Wildman–Crippen LogP) is 4.47. The van der Waals surface area contributed by atoms with Crippen molar-refractivity contribution < 1.29 is 19.4 Å². The number of rotatable bonds is 9. The van der Waals surface area contributed by atoms with E-state index in [9.17, 15) is 14.3 Å². The van der Waals surface area contributed by atoms with Crippen LogP contribution in [0, 0.1) is 11.7 Å². The number of carbonyl (C=O) groups is 1. The van der Waals surface area contributed by atoms with E-state index in [1.807, 2.05) is 0 Å². The van der Waals surface area contributed by atoms with E-state index in [4.69, 9.17) is 5.11 Å². The first-order chi connectivity index (χ1) is 13.7. The lowest BCUT2D eigenvalue weighted by Crippen LogP contribution is -2.43. The zero-order valence-electron chi connectivity index (χ0n) is 17.5. The summed E-state index contributed by atoms with van der Waals surface area (Å²) >= 11 is 0. The van der Waals surface area contributed by atoms with Gasteiger partial charge in [-0.05, 0) is 68.2 Å². The van der Waals surface area contributed by atoms with Gasteiger partial charge in [-0.25, -0.2) is 4.39 Å². The first kappa shape index (κ1) is 24.3. The van der Waals surface area contributed by atoms with Crippen LogP contribution in [-0.4, -0.2) is 28.3 Å². The molecule has 164 valence electrons. The highest BCUT2D eigenvalue weighted by atomic mass is 35.5. The van der Waals surface area contributed by atoms with Crippen molar-refractivity contribution in [1.29, 1.82) is 0 Å². The van der Waals surface area contributed by atoms with E-state index in [-0.39, 0.29) is 36.5 Å². The molecule has 6 heteroatoms. The van der Waals surface area contributed by atoms with Crippen molar-refractivity contribution >= 4 is 18.4 Å². The van der Waals surface area contributed by atoms with Gasteiger partial charge in [0, 0.05) is 24.1 Å². The molecule has 1 atom stereocenters. The van der Waals surface area contributed by atoms with Gasteiger partial charge < -0.3 is 15.5 Å². The second-order valence-electron chi connectivity index (χ2n) is 8.78. The Morgan fingerprint density at radius 1 is 1.20 bits per heavy atom. The minimum absolute atomic E-state index is 0. The maximum atomic E-state index is 14.2. The number of aliphatic hydroxyl groups excluding tert-OH is 1. The van der Waals surface area contributed by atoms with Gasteiger partial charge in [0.2, 0.25) is 0 Å². The molecule has 0 radical (unpaired) electrons. The third kappa shape index (κ3) is 6.53. The molecule has 0 saturated carbocycles. The summed E-state index contributed by atoms with van der Waals surface area (Å²) in [6, 6.07) is 13.0. The van der Waals surface area contributed by atoms with Gasteiger partial charge >= 0.3 is 5.97 Å². The quantitative estimate of drug-likeness (QED) is 0.543. The molecule has 0 unspecified atom stereocenters. The summed E-state index contributed by atoms with van der Waals surface area (Å²) in [6.07, 6.45) is 2.43. The lowest BCUT2D eigenvalue weighted by atomic mass is 9.88. The maximum absolute atomic E-state index is 14.2. The zero-order chi connectivity index (χ0) is 21.0. The molecule has 2 aromatic carbocycles. The van der Waals surface area contributed by atoms with Crippen molar-refractivity contribution in [2.24, 2.45) is 5.92 Å². The highest BCUT2D eigenvalue weighted by molar-refractivity contribution is 5.85. The Kier molecular flexibility index (Phi) is 8.42. The molecule has 0 aromatic heterocycles. The van der Waals surface area contributed by atoms with Crippen molar-refractivity contribution in [2.75, 3.05) is 6.54 Å². The average Bonchev–Trinajstić information content (AvgIpc) is 3.06. The molecule has 3 N–H and O–H groups in total. The Morgan fingerprint density at radius 3 is 2.43 bits per heavy atom. The average molecular weight is 436 g/mol. The third-order valence-electron chi connectivity index (χ3n) is 5.76. The number of nitrogens with one attached hydrogen (secondary N) is 1. The van der Waals surface area contributed by atoms with Crippen molar-refractivity contribution in [3.05, 3.63) is 70.5 Å². The van der Waals surface area contributed by atoms with Gasteiger partial charge in [0.15, 0.2) is 0 Å². The van der Waals surface area contributed by atoms with E-state index in [0.29, 0.717) is 17.9 Å². The van der Waals surface area contributed by atoms with Crippen LogP contribution in [0.5, 0.6) is 0 Å². The third-order valence-corrected chi connectivity index (χ3v) is 5.76. The van der Waals surface area contributed by atoms with Gasteiger partial charge in [-0.1, -0.05) is 36.4 Å². The van der Waals surface area contributed by atoms with Crippen molar-refractivity contribution in [2.45, 2.75) is 57.6 Å². The molecule has 0 bridgehead atoms. The molecular formula is C24H31ClFNO3. The highest BCUT2D eigenvalue weighted by Crippen LogP contribution is 2.32. The summed E-state index contributed by atoms with van der Waals surface area (Å²) in [6.45, 7) is 4.47. The molecular weight excluding hydrogens is 405 g/mol.